The molecule has 1 N–H and O–H groups in total. The summed E-state index contributed by atoms with van der Waals surface area (Å²) in [6.45, 7) is 3.20. The molecule has 1 fully saturated rings. The SMILES string of the molecule is Cc1ccc(-c2ccc(C3CCN3)o2)cc1. The number of hydrogen-bond acceptors (Lipinski definition) is 2. The fourth-order valence-electron chi connectivity index (χ4n) is 1.94. The van der Waals surface area contributed by atoms with Crippen LogP contribution in [0.1, 0.15) is 23.8 Å². The Morgan fingerprint density at radius 2 is 1.88 bits per heavy atom. The summed E-state index contributed by atoms with van der Waals surface area (Å²) in [6, 6.07) is 13.0. The van der Waals surface area contributed by atoms with Gasteiger partial charge in [0.1, 0.15) is 11.5 Å². The maximum atomic E-state index is 5.85. The zero-order valence-corrected chi connectivity index (χ0v) is 9.36. The molecule has 0 radical (unpaired) electrons. The third-order valence-corrected chi connectivity index (χ3v) is 3.13. The van der Waals surface area contributed by atoms with Crippen LogP contribution in [0.3, 0.4) is 0 Å². The van der Waals surface area contributed by atoms with E-state index in [1.54, 1.807) is 0 Å². The highest BCUT2D eigenvalue weighted by Gasteiger charge is 2.21. The van der Waals surface area contributed by atoms with Crippen LogP contribution in [0.25, 0.3) is 11.3 Å². The molecule has 2 aromatic rings. The smallest absolute Gasteiger partial charge is 0.134 e. The second kappa shape index (κ2) is 3.80. The molecule has 2 heterocycles. The van der Waals surface area contributed by atoms with Crippen molar-refractivity contribution in [2.24, 2.45) is 0 Å². The van der Waals surface area contributed by atoms with Crippen molar-refractivity contribution < 1.29 is 4.42 Å². The quantitative estimate of drug-likeness (QED) is 0.828. The van der Waals surface area contributed by atoms with Crippen molar-refractivity contribution in [2.75, 3.05) is 6.54 Å². The summed E-state index contributed by atoms with van der Waals surface area (Å²) < 4.78 is 5.85. The minimum atomic E-state index is 0.430. The topological polar surface area (TPSA) is 25.2 Å². The van der Waals surface area contributed by atoms with Crippen molar-refractivity contribution in [3.05, 3.63) is 47.7 Å². The molecule has 2 heteroatoms. The minimum absolute atomic E-state index is 0.430. The summed E-state index contributed by atoms with van der Waals surface area (Å²) in [5, 5.41) is 3.34. The van der Waals surface area contributed by atoms with Gasteiger partial charge in [-0.3, -0.25) is 0 Å². The average molecular weight is 213 g/mol. The molecule has 0 aliphatic carbocycles. The van der Waals surface area contributed by atoms with Crippen LogP contribution in [0.4, 0.5) is 0 Å². The van der Waals surface area contributed by atoms with Crippen LogP contribution in [-0.4, -0.2) is 6.54 Å². The molecular formula is C14H15NO. The first-order valence-electron chi connectivity index (χ1n) is 5.73. The van der Waals surface area contributed by atoms with Crippen LogP contribution in [-0.2, 0) is 0 Å². The summed E-state index contributed by atoms with van der Waals surface area (Å²) in [4.78, 5) is 0. The van der Waals surface area contributed by atoms with Crippen LogP contribution >= 0.6 is 0 Å². The van der Waals surface area contributed by atoms with Gasteiger partial charge in [-0.2, -0.15) is 0 Å². The lowest BCUT2D eigenvalue weighted by molar-refractivity contribution is 0.322. The standard InChI is InChI=1S/C14H15NO/c1-10-2-4-11(5-3-10)13-6-7-14(16-13)12-8-9-15-12/h2-7,12,15H,8-9H2,1H3. The minimum Gasteiger partial charge on any atom is -0.459 e. The first-order valence-corrected chi connectivity index (χ1v) is 5.73. The van der Waals surface area contributed by atoms with Crippen molar-refractivity contribution in [3.63, 3.8) is 0 Å². The van der Waals surface area contributed by atoms with Gasteiger partial charge in [-0.25, -0.2) is 0 Å². The lowest BCUT2D eigenvalue weighted by Crippen LogP contribution is -2.34. The van der Waals surface area contributed by atoms with E-state index in [0.29, 0.717) is 6.04 Å². The van der Waals surface area contributed by atoms with Crippen molar-refractivity contribution >= 4 is 0 Å². The highest BCUT2D eigenvalue weighted by Crippen LogP contribution is 2.29. The number of rotatable bonds is 2. The second-order valence-corrected chi connectivity index (χ2v) is 4.36. The van der Waals surface area contributed by atoms with Gasteiger partial charge in [-0.1, -0.05) is 29.8 Å². The van der Waals surface area contributed by atoms with Crippen LogP contribution < -0.4 is 5.32 Å². The molecule has 0 amide bonds. The Morgan fingerprint density at radius 3 is 2.50 bits per heavy atom. The van der Waals surface area contributed by atoms with E-state index in [1.165, 1.54) is 12.0 Å². The molecule has 1 aliphatic heterocycles. The van der Waals surface area contributed by atoms with E-state index in [1.807, 2.05) is 0 Å². The highest BCUT2D eigenvalue weighted by atomic mass is 16.3. The monoisotopic (exact) mass is 213 g/mol. The fourth-order valence-corrected chi connectivity index (χ4v) is 1.94. The summed E-state index contributed by atoms with van der Waals surface area (Å²) >= 11 is 0. The molecule has 16 heavy (non-hydrogen) atoms. The van der Waals surface area contributed by atoms with Crippen molar-refractivity contribution in [1.82, 2.24) is 5.32 Å². The van der Waals surface area contributed by atoms with Crippen molar-refractivity contribution in [3.8, 4) is 11.3 Å². The molecule has 1 unspecified atom stereocenters. The Hall–Kier alpha value is -1.54. The Balaban J connectivity index is 1.88. The number of nitrogens with one attached hydrogen (secondary N) is 1. The molecule has 1 aliphatic rings. The summed E-state index contributed by atoms with van der Waals surface area (Å²) in [7, 11) is 0. The molecule has 1 aromatic heterocycles. The van der Waals surface area contributed by atoms with E-state index in [9.17, 15) is 0 Å². The molecule has 3 rings (SSSR count). The van der Waals surface area contributed by atoms with Gasteiger partial charge in [0.05, 0.1) is 6.04 Å². The molecule has 1 aromatic carbocycles. The van der Waals surface area contributed by atoms with Gasteiger partial charge in [0.15, 0.2) is 0 Å². The van der Waals surface area contributed by atoms with Gasteiger partial charge in [0, 0.05) is 5.56 Å². The molecule has 1 atom stereocenters. The number of furan rings is 1. The maximum Gasteiger partial charge on any atom is 0.134 e. The summed E-state index contributed by atoms with van der Waals surface area (Å²) in [5.74, 6) is 2.02. The van der Waals surface area contributed by atoms with Crippen molar-refractivity contribution in [2.45, 2.75) is 19.4 Å². The normalized spacial score (nSPS) is 19.4. The lowest BCUT2D eigenvalue weighted by Gasteiger charge is -2.25. The number of aryl methyl sites for hydroxylation is 1. The first-order chi connectivity index (χ1) is 7.83. The van der Waals surface area contributed by atoms with Gasteiger partial charge in [-0.15, -0.1) is 0 Å². The van der Waals surface area contributed by atoms with Gasteiger partial charge in [0.2, 0.25) is 0 Å². The zero-order chi connectivity index (χ0) is 11.0. The molecule has 1 saturated heterocycles. The third-order valence-electron chi connectivity index (χ3n) is 3.13. The predicted octanol–water partition coefficient (Wildman–Crippen LogP) is 3.29. The van der Waals surface area contributed by atoms with E-state index in [-0.39, 0.29) is 0 Å². The van der Waals surface area contributed by atoms with Crippen LogP contribution in [0.15, 0.2) is 40.8 Å². The lowest BCUT2D eigenvalue weighted by atomic mass is 10.1. The highest BCUT2D eigenvalue weighted by molar-refractivity contribution is 5.58. The molecular weight excluding hydrogens is 198 g/mol. The van der Waals surface area contributed by atoms with Crippen molar-refractivity contribution in [1.29, 1.82) is 0 Å². The largest absolute Gasteiger partial charge is 0.459 e. The molecule has 0 bridgehead atoms. The molecule has 0 spiro atoms. The summed E-state index contributed by atoms with van der Waals surface area (Å²) in [6.07, 6.45) is 1.18. The Bertz CT molecular complexity index is 480. The van der Waals surface area contributed by atoms with Gasteiger partial charge in [0.25, 0.3) is 0 Å². The first kappa shape index (κ1) is 9.67. The Kier molecular flexibility index (Phi) is 2.29. The van der Waals surface area contributed by atoms with E-state index >= 15 is 0 Å². The predicted molar refractivity (Wildman–Crippen MR) is 64.2 cm³/mol. The van der Waals surface area contributed by atoms with Gasteiger partial charge >= 0.3 is 0 Å². The maximum absolute atomic E-state index is 5.85. The Labute approximate surface area is 95.3 Å². The van der Waals surface area contributed by atoms with Crippen LogP contribution in [0, 0.1) is 6.92 Å². The molecule has 0 saturated carbocycles. The number of hydrogen-bond donors (Lipinski definition) is 1. The third kappa shape index (κ3) is 1.65. The second-order valence-electron chi connectivity index (χ2n) is 4.36. The van der Waals surface area contributed by atoms with E-state index in [2.05, 4.69) is 48.6 Å². The number of benzene rings is 1. The zero-order valence-electron chi connectivity index (χ0n) is 9.36. The average Bonchev–Trinajstić information content (AvgIpc) is 2.65. The van der Waals surface area contributed by atoms with Gasteiger partial charge < -0.3 is 9.73 Å². The summed E-state index contributed by atoms with van der Waals surface area (Å²) in [5.41, 5.74) is 2.42. The van der Waals surface area contributed by atoms with Crippen LogP contribution in [0.5, 0.6) is 0 Å². The van der Waals surface area contributed by atoms with Gasteiger partial charge in [-0.05, 0) is 32.0 Å². The molecule has 82 valence electrons. The van der Waals surface area contributed by atoms with E-state index in [4.69, 9.17) is 4.42 Å². The fraction of sp³-hybridized carbons (Fsp3) is 0.286. The van der Waals surface area contributed by atoms with Crippen LogP contribution in [0.2, 0.25) is 0 Å². The molecule has 2 nitrogen and oxygen atoms in total. The van der Waals surface area contributed by atoms with E-state index in [0.717, 1.165) is 23.6 Å². The Morgan fingerprint density at radius 1 is 1.12 bits per heavy atom. The van der Waals surface area contributed by atoms with E-state index < -0.39 is 0 Å².